The molecule has 1 aliphatic heterocycles. The lowest BCUT2D eigenvalue weighted by molar-refractivity contribution is 0.630. The molecule has 0 saturated carbocycles. The van der Waals surface area contributed by atoms with Crippen molar-refractivity contribution in [3.05, 3.63) is 20.8 Å². The van der Waals surface area contributed by atoms with Crippen LogP contribution >= 0.6 is 50.8 Å². The minimum atomic E-state index is 0.170. The van der Waals surface area contributed by atoms with Crippen LogP contribution in [0.2, 0.25) is 0 Å². The third kappa shape index (κ3) is 2.80. The van der Waals surface area contributed by atoms with Crippen molar-refractivity contribution in [1.82, 2.24) is 0 Å². The molecule has 2 heterocycles. The molecule has 2 N–H and O–H groups in total. The van der Waals surface area contributed by atoms with Crippen molar-refractivity contribution in [3.8, 4) is 0 Å². The van der Waals surface area contributed by atoms with Crippen molar-refractivity contribution in [1.29, 1.82) is 0 Å². The summed E-state index contributed by atoms with van der Waals surface area (Å²) in [5.41, 5.74) is 7.70. The largest absolute Gasteiger partial charge is 0.323 e. The molecule has 16 heavy (non-hydrogen) atoms. The average Bonchev–Trinajstić information content (AvgIpc) is 2.74. The summed E-state index contributed by atoms with van der Waals surface area (Å²) < 4.78 is 1.18. The van der Waals surface area contributed by atoms with Crippen LogP contribution in [0.15, 0.2) is 15.2 Å². The Hall–Kier alpha value is 0.840. The van der Waals surface area contributed by atoms with Gasteiger partial charge in [-0.25, -0.2) is 0 Å². The van der Waals surface area contributed by atoms with Crippen molar-refractivity contribution in [3.63, 3.8) is 0 Å². The summed E-state index contributed by atoms with van der Waals surface area (Å²) in [5, 5.41) is 5.58. The molecule has 2 rings (SSSR count). The van der Waals surface area contributed by atoms with Gasteiger partial charge in [-0.05, 0) is 33.3 Å². The molecule has 1 aliphatic rings. The second-order valence-electron chi connectivity index (χ2n) is 3.85. The monoisotopic (exact) mass is 337 g/mol. The van der Waals surface area contributed by atoms with E-state index >= 15 is 0 Å². The zero-order valence-corrected chi connectivity index (χ0v) is 13.2. The van der Waals surface area contributed by atoms with Gasteiger partial charge >= 0.3 is 0 Å². The maximum atomic E-state index is 6.42. The first-order valence-corrected chi connectivity index (χ1v) is 9.27. The number of halogens is 1. The van der Waals surface area contributed by atoms with Crippen LogP contribution in [-0.4, -0.2) is 22.0 Å². The molecule has 5 heteroatoms. The number of thioether (sulfide) groups is 2. The van der Waals surface area contributed by atoms with E-state index < -0.39 is 0 Å². The Labute approximate surface area is 118 Å². The van der Waals surface area contributed by atoms with E-state index in [1.165, 1.54) is 28.0 Å². The quantitative estimate of drug-likeness (QED) is 0.897. The standard InChI is InChI=1S/C11H16BrNS3/c1-2-9-11(16-4-3-15-9)10(13)7-5-14-6-8(7)12/h5-6,9-11H,2-4,13H2,1H3. The summed E-state index contributed by atoms with van der Waals surface area (Å²) in [6.07, 6.45) is 1.22. The predicted molar refractivity (Wildman–Crippen MR) is 81.7 cm³/mol. The Morgan fingerprint density at radius 2 is 2.19 bits per heavy atom. The first-order chi connectivity index (χ1) is 7.74. The molecule has 0 spiro atoms. The van der Waals surface area contributed by atoms with Gasteiger partial charge in [-0.1, -0.05) is 6.92 Å². The highest BCUT2D eigenvalue weighted by molar-refractivity contribution is 9.10. The molecule has 0 aromatic carbocycles. The van der Waals surface area contributed by atoms with Gasteiger partial charge < -0.3 is 5.73 Å². The van der Waals surface area contributed by atoms with Crippen LogP contribution in [0, 0.1) is 0 Å². The number of rotatable bonds is 3. The first-order valence-electron chi connectivity index (χ1n) is 5.44. The van der Waals surface area contributed by atoms with Gasteiger partial charge in [0.2, 0.25) is 0 Å². The topological polar surface area (TPSA) is 26.0 Å². The lowest BCUT2D eigenvalue weighted by Gasteiger charge is -2.34. The highest BCUT2D eigenvalue weighted by Gasteiger charge is 2.31. The van der Waals surface area contributed by atoms with Gasteiger partial charge in [0.05, 0.1) is 0 Å². The second-order valence-corrected chi connectivity index (χ2v) is 8.08. The molecule has 1 saturated heterocycles. The minimum absolute atomic E-state index is 0.170. The van der Waals surface area contributed by atoms with Gasteiger partial charge in [-0.15, -0.1) is 0 Å². The fourth-order valence-electron chi connectivity index (χ4n) is 1.98. The lowest BCUT2D eigenvalue weighted by Crippen LogP contribution is -2.35. The summed E-state index contributed by atoms with van der Waals surface area (Å²) >= 11 is 9.45. The summed E-state index contributed by atoms with van der Waals surface area (Å²) in [7, 11) is 0. The molecule has 0 radical (unpaired) electrons. The molecule has 3 atom stereocenters. The van der Waals surface area contributed by atoms with Crippen LogP contribution in [0.1, 0.15) is 24.9 Å². The number of thiophene rings is 1. The maximum absolute atomic E-state index is 6.42. The Morgan fingerprint density at radius 1 is 1.44 bits per heavy atom. The van der Waals surface area contributed by atoms with Gasteiger partial charge in [0, 0.05) is 37.9 Å². The van der Waals surface area contributed by atoms with Crippen molar-refractivity contribution < 1.29 is 0 Å². The van der Waals surface area contributed by atoms with Crippen molar-refractivity contribution in [2.24, 2.45) is 5.73 Å². The van der Waals surface area contributed by atoms with Crippen LogP contribution in [0.25, 0.3) is 0 Å². The third-order valence-electron chi connectivity index (χ3n) is 2.85. The molecule has 3 unspecified atom stereocenters. The third-order valence-corrected chi connectivity index (χ3v) is 7.97. The summed E-state index contributed by atoms with van der Waals surface area (Å²) in [6.45, 7) is 2.27. The van der Waals surface area contributed by atoms with E-state index in [-0.39, 0.29) is 6.04 Å². The average molecular weight is 338 g/mol. The highest BCUT2D eigenvalue weighted by atomic mass is 79.9. The van der Waals surface area contributed by atoms with E-state index in [0.717, 1.165) is 0 Å². The molecular weight excluding hydrogens is 322 g/mol. The van der Waals surface area contributed by atoms with E-state index in [9.17, 15) is 0 Å². The van der Waals surface area contributed by atoms with Crippen LogP contribution in [0.3, 0.4) is 0 Å². The fourth-order valence-corrected chi connectivity index (χ4v) is 6.76. The summed E-state index contributed by atoms with van der Waals surface area (Å²) in [4.78, 5) is 0. The summed E-state index contributed by atoms with van der Waals surface area (Å²) in [5.74, 6) is 2.51. The minimum Gasteiger partial charge on any atom is -0.323 e. The molecule has 1 aromatic heterocycles. The first kappa shape index (κ1) is 13.3. The molecule has 1 fully saturated rings. The smallest absolute Gasteiger partial charge is 0.0445 e. The Kier molecular flexibility index (Phi) is 5.09. The number of hydrogen-bond donors (Lipinski definition) is 1. The Morgan fingerprint density at radius 3 is 2.81 bits per heavy atom. The lowest BCUT2D eigenvalue weighted by atomic mass is 10.0. The van der Waals surface area contributed by atoms with Gasteiger partial charge in [0.25, 0.3) is 0 Å². The van der Waals surface area contributed by atoms with E-state index in [1.807, 2.05) is 11.8 Å². The van der Waals surface area contributed by atoms with Crippen molar-refractivity contribution in [2.45, 2.75) is 29.9 Å². The molecule has 0 aliphatic carbocycles. The fraction of sp³-hybridized carbons (Fsp3) is 0.636. The van der Waals surface area contributed by atoms with Gasteiger partial charge in [-0.2, -0.15) is 34.9 Å². The molecule has 90 valence electrons. The summed E-state index contributed by atoms with van der Waals surface area (Å²) in [6, 6.07) is 0.170. The van der Waals surface area contributed by atoms with Crippen LogP contribution in [-0.2, 0) is 0 Å². The van der Waals surface area contributed by atoms with Crippen molar-refractivity contribution in [2.75, 3.05) is 11.5 Å². The van der Waals surface area contributed by atoms with E-state index in [0.29, 0.717) is 10.5 Å². The van der Waals surface area contributed by atoms with E-state index in [1.54, 1.807) is 11.3 Å². The normalized spacial score (nSPS) is 27.9. The van der Waals surface area contributed by atoms with Crippen LogP contribution < -0.4 is 5.73 Å². The van der Waals surface area contributed by atoms with E-state index in [2.05, 4.69) is 45.4 Å². The molecule has 1 nitrogen and oxygen atoms in total. The zero-order valence-electron chi connectivity index (χ0n) is 9.19. The van der Waals surface area contributed by atoms with Gasteiger partial charge in [-0.3, -0.25) is 0 Å². The number of hydrogen-bond acceptors (Lipinski definition) is 4. The Bertz CT molecular complexity index is 342. The number of nitrogens with two attached hydrogens (primary N) is 1. The maximum Gasteiger partial charge on any atom is 0.0445 e. The predicted octanol–water partition coefficient (Wildman–Crippen LogP) is 4.14. The second kappa shape index (κ2) is 6.14. The molecular formula is C11H16BrNS3. The highest BCUT2D eigenvalue weighted by Crippen LogP contribution is 2.41. The van der Waals surface area contributed by atoms with Crippen LogP contribution in [0.5, 0.6) is 0 Å². The van der Waals surface area contributed by atoms with E-state index in [4.69, 9.17) is 5.73 Å². The molecule has 0 bridgehead atoms. The molecule has 1 aromatic rings. The van der Waals surface area contributed by atoms with Gasteiger partial charge in [0.15, 0.2) is 0 Å². The van der Waals surface area contributed by atoms with Gasteiger partial charge in [0.1, 0.15) is 0 Å². The van der Waals surface area contributed by atoms with Crippen LogP contribution in [0.4, 0.5) is 0 Å². The van der Waals surface area contributed by atoms with Crippen molar-refractivity contribution >= 4 is 50.8 Å². The molecule has 0 amide bonds. The Balaban J connectivity index is 2.13. The zero-order chi connectivity index (χ0) is 11.5. The SMILES string of the molecule is CCC1SCCSC1C(N)c1cscc1Br.